The summed E-state index contributed by atoms with van der Waals surface area (Å²) in [5.74, 6) is 0.893. The number of methoxy groups -OCH3 is 1. The van der Waals surface area contributed by atoms with Crippen LogP contribution in [0.3, 0.4) is 0 Å². The second-order valence-electron chi connectivity index (χ2n) is 2.46. The molecule has 1 aromatic carbocycles. The lowest BCUT2D eigenvalue weighted by atomic mass is 10.1. The van der Waals surface area contributed by atoms with E-state index in [1.165, 1.54) is 5.56 Å². The van der Waals surface area contributed by atoms with Crippen LogP contribution in [0.25, 0.3) is 0 Å². The van der Waals surface area contributed by atoms with Crippen molar-refractivity contribution in [2.45, 2.75) is 6.42 Å². The molecule has 0 atom stereocenters. The molecular weight excluding hydrogens is 148 g/mol. The van der Waals surface area contributed by atoms with Gasteiger partial charge < -0.3 is 4.74 Å². The maximum Gasteiger partial charge on any atom is 0.119 e. The molecule has 0 heterocycles. The molecule has 0 saturated heterocycles. The summed E-state index contributed by atoms with van der Waals surface area (Å²) < 4.78 is 5.08. The van der Waals surface area contributed by atoms with Gasteiger partial charge in [0.05, 0.1) is 7.11 Å². The lowest BCUT2D eigenvalue weighted by Gasteiger charge is -2.00. The lowest BCUT2D eigenvalue weighted by molar-refractivity contribution is 0.414. The van der Waals surface area contributed by atoms with E-state index in [0.717, 1.165) is 12.2 Å². The van der Waals surface area contributed by atoms with Crippen molar-refractivity contribution in [3.05, 3.63) is 48.2 Å². The van der Waals surface area contributed by atoms with Crippen LogP contribution < -0.4 is 4.74 Å². The average Bonchev–Trinajstić information content (AvgIpc) is 2.15. The Balaban J connectivity index is 2.78. The van der Waals surface area contributed by atoms with Gasteiger partial charge in [-0.2, -0.15) is 0 Å². The van der Waals surface area contributed by atoms with E-state index in [4.69, 9.17) is 4.74 Å². The topological polar surface area (TPSA) is 9.23 Å². The first-order valence-electron chi connectivity index (χ1n) is 3.84. The number of hydrogen-bond donors (Lipinski definition) is 0. The van der Waals surface area contributed by atoms with Gasteiger partial charge in [0.25, 0.3) is 0 Å². The fraction of sp³-hybridized carbons (Fsp3) is 0.182. The third-order valence-electron chi connectivity index (χ3n) is 1.62. The van der Waals surface area contributed by atoms with E-state index >= 15 is 0 Å². The number of hydrogen-bond acceptors (Lipinski definition) is 1. The first kappa shape index (κ1) is 8.63. The predicted octanol–water partition coefficient (Wildman–Crippen LogP) is 2.58. The van der Waals surface area contributed by atoms with Crippen LogP contribution in [0.4, 0.5) is 0 Å². The van der Waals surface area contributed by atoms with Crippen molar-refractivity contribution >= 4 is 0 Å². The second-order valence-corrected chi connectivity index (χ2v) is 2.46. The van der Waals surface area contributed by atoms with Crippen molar-refractivity contribution < 1.29 is 4.74 Å². The normalized spacial score (nSPS) is 8.75. The van der Waals surface area contributed by atoms with E-state index < -0.39 is 0 Å². The summed E-state index contributed by atoms with van der Waals surface area (Å²) in [7, 11) is 1.67. The van der Waals surface area contributed by atoms with Crippen LogP contribution in [0.2, 0.25) is 0 Å². The Kier molecular flexibility index (Phi) is 3.18. The Labute approximate surface area is 73.0 Å². The Bertz CT molecular complexity index is 296. The number of ether oxygens (including phenoxy) is 1. The highest BCUT2D eigenvalue weighted by Crippen LogP contribution is 2.12. The second kappa shape index (κ2) is 4.42. The van der Waals surface area contributed by atoms with Gasteiger partial charge in [-0.25, -0.2) is 0 Å². The lowest BCUT2D eigenvalue weighted by Crippen LogP contribution is -1.85. The van der Waals surface area contributed by atoms with Gasteiger partial charge in [0, 0.05) is 0 Å². The molecule has 1 heteroatoms. The molecular formula is C11H12O. The van der Waals surface area contributed by atoms with Crippen molar-refractivity contribution in [2.24, 2.45) is 0 Å². The van der Waals surface area contributed by atoms with Gasteiger partial charge in [0.2, 0.25) is 0 Å². The van der Waals surface area contributed by atoms with Crippen molar-refractivity contribution in [1.29, 1.82) is 0 Å². The van der Waals surface area contributed by atoms with E-state index in [-0.39, 0.29) is 0 Å². The molecule has 0 fully saturated rings. The molecule has 0 aromatic heterocycles. The molecule has 0 bridgehead atoms. The minimum atomic E-state index is 0.862. The molecule has 0 N–H and O–H groups in total. The van der Waals surface area contributed by atoms with E-state index in [0.29, 0.717) is 0 Å². The van der Waals surface area contributed by atoms with Gasteiger partial charge in [0.15, 0.2) is 0 Å². The molecule has 0 unspecified atom stereocenters. The van der Waals surface area contributed by atoms with Crippen LogP contribution in [-0.4, -0.2) is 7.11 Å². The third-order valence-corrected chi connectivity index (χ3v) is 1.62. The summed E-state index contributed by atoms with van der Waals surface area (Å²) in [6.07, 6.45) is 2.76. The van der Waals surface area contributed by atoms with Crippen LogP contribution in [0.1, 0.15) is 5.56 Å². The van der Waals surface area contributed by atoms with Crippen LogP contribution >= 0.6 is 0 Å². The Hall–Kier alpha value is -1.46. The van der Waals surface area contributed by atoms with Crippen molar-refractivity contribution in [3.8, 4) is 5.75 Å². The predicted molar refractivity (Wildman–Crippen MR) is 50.4 cm³/mol. The Morgan fingerprint density at radius 3 is 3.08 bits per heavy atom. The molecule has 0 amide bonds. The Morgan fingerprint density at radius 2 is 2.42 bits per heavy atom. The van der Waals surface area contributed by atoms with E-state index in [2.05, 4.69) is 18.4 Å². The van der Waals surface area contributed by atoms with E-state index in [1.54, 1.807) is 7.11 Å². The van der Waals surface area contributed by atoms with Crippen LogP contribution in [-0.2, 0) is 6.42 Å². The SMILES string of the molecule is C=C=CCc1cccc(OC)c1. The molecule has 0 spiro atoms. The first-order chi connectivity index (χ1) is 5.86. The number of allylic oxidation sites excluding steroid dienone is 1. The zero-order valence-electron chi connectivity index (χ0n) is 7.21. The van der Waals surface area contributed by atoms with Crippen molar-refractivity contribution in [1.82, 2.24) is 0 Å². The summed E-state index contributed by atoms with van der Waals surface area (Å²) in [5, 5.41) is 0. The molecule has 0 saturated carbocycles. The van der Waals surface area contributed by atoms with Gasteiger partial charge in [0.1, 0.15) is 5.75 Å². The standard InChI is InChI=1S/C11H12O/c1-3-4-6-10-7-5-8-11(9-10)12-2/h4-5,7-9H,1,6H2,2H3. The van der Waals surface area contributed by atoms with E-state index in [1.807, 2.05) is 24.3 Å². The maximum absolute atomic E-state index is 5.08. The molecule has 0 radical (unpaired) electrons. The van der Waals surface area contributed by atoms with Crippen molar-refractivity contribution in [2.75, 3.05) is 7.11 Å². The highest BCUT2D eigenvalue weighted by molar-refractivity contribution is 5.29. The minimum Gasteiger partial charge on any atom is -0.497 e. The zero-order valence-corrected chi connectivity index (χ0v) is 7.21. The number of benzene rings is 1. The van der Waals surface area contributed by atoms with Crippen LogP contribution in [0, 0.1) is 0 Å². The smallest absolute Gasteiger partial charge is 0.119 e. The summed E-state index contributed by atoms with van der Waals surface area (Å²) in [6.45, 7) is 3.51. The molecule has 0 aliphatic heterocycles. The third kappa shape index (κ3) is 2.30. The van der Waals surface area contributed by atoms with Crippen LogP contribution in [0.5, 0.6) is 5.75 Å². The van der Waals surface area contributed by atoms with Crippen LogP contribution in [0.15, 0.2) is 42.7 Å². The number of rotatable bonds is 3. The molecule has 1 rings (SSSR count). The summed E-state index contributed by atoms with van der Waals surface area (Å²) in [4.78, 5) is 0. The summed E-state index contributed by atoms with van der Waals surface area (Å²) >= 11 is 0. The highest BCUT2D eigenvalue weighted by atomic mass is 16.5. The largest absolute Gasteiger partial charge is 0.497 e. The molecule has 0 aliphatic rings. The quantitative estimate of drug-likeness (QED) is 0.617. The molecule has 0 aliphatic carbocycles. The minimum absolute atomic E-state index is 0.862. The van der Waals surface area contributed by atoms with Crippen molar-refractivity contribution in [3.63, 3.8) is 0 Å². The summed E-state index contributed by atoms with van der Waals surface area (Å²) in [5.41, 5.74) is 3.95. The highest BCUT2D eigenvalue weighted by Gasteiger charge is 1.91. The fourth-order valence-corrected chi connectivity index (χ4v) is 0.989. The van der Waals surface area contributed by atoms with Gasteiger partial charge in [-0.05, 0) is 30.2 Å². The molecule has 1 nitrogen and oxygen atoms in total. The Morgan fingerprint density at radius 1 is 1.58 bits per heavy atom. The van der Waals surface area contributed by atoms with Gasteiger partial charge in [-0.15, -0.1) is 5.73 Å². The maximum atomic E-state index is 5.08. The van der Waals surface area contributed by atoms with Gasteiger partial charge in [-0.3, -0.25) is 0 Å². The zero-order chi connectivity index (χ0) is 8.81. The molecule has 62 valence electrons. The molecule has 1 aromatic rings. The first-order valence-corrected chi connectivity index (χ1v) is 3.84. The van der Waals surface area contributed by atoms with Gasteiger partial charge in [-0.1, -0.05) is 18.7 Å². The van der Waals surface area contributed by atoms with E-state index in [9.17, 15) is 0 Å². The van der Waals surface area contributed by atoms with Gasteiger partial charge >= 0.3 is 0 Å². The average molecular weight is 160 g/mol. The molecule has 12 heavy (non-hydrogen) atoms. The monoisotopic (exact) mass is 160 g/mol. The summed E-state index contributed by atoms with van der Waals surface area (Å²) in [6, 6.07) is 7.97. The fourth-order valence-electron chi connectivity index (χ4n) is 0.989.